The van der Waals surface area contributed by atoms with E-state index < -0.39 is 0 Å². The van der Waals surface area contributed by atoms with Crippen molar-refractivity contribution in [2.45, 2.75) is 44.2 Å². The predicted molar refractivity (Wildman–Crippen MR) is 42.3 cm³/mol. The summed E-state index contributed by atoms with van der Waals surface area (Å²) >= 11 is 0. The molecule has 2 aliphatic rings. The molecular formula is C8H14N2O. The number of amides is 2. The van der Waals surface area contributed by atoms with Crippen molar-refractivity contribution in [3.8, 4) is 0 Å². The highest BCUT2D eigenvalue weighted by atomic mass is 16.2. The lowest BCUT2D eigenvalue weighted by atomic mass is 10.3. The summed E-state index contributed by atoms with van der Waals surface area (Å²) in [6.45, 7) is 2.08. The second kappa shape index (κ2) is 2.13. The zero-order valence-electron chi connectivity index (χ0n) is 6.81. The molecule has 2 fully saturated rings. The van der Waals surface area contributed by atoms with E-state index in [1.165, 1.54) is 0 Å². The van der Waals surface area contributed by atoms with Crippen LogP contribution in [0.15, 0.2) is 0 Å². The number of rotatable bonds is 2. The van der Waals surface area contributed by atoms with Crippen LogP contribution in [0.25, 0.3) is 0 Å². The van der Waals surface area contributed by atoms with Crippen molar-refractivity contribution in [3.63, 3.8) is 0 Å². The molecule has 0 spiro atoms. The molecule has 2 aliphatic carbocycles. The summed E-state index contributed by atoms with van der Waals surface area (Å²) in [6.07, 6.45) is 4.57. The Kier molecular flexibility index (Phi) is 1.34. The van der Waals surface area contributed by atoms with Gasteiger partial charge >= 0.3 is 6.03 Å². The average Bonchev–Trinajstić information content (AvgIpc) is 2.72. The van der Waals surface area contributed by atoms with Crippen LogP contribution in [0.3, 0.4) is 0 Å². The van der Waals surface area contributed by atoms with Gasteiger partial charge in [-0.05, 0) is 32.6 Å². The van der Waals surface area contributed by atoms with Crippen molar-refractivity contribution in [2.75, 3.05) is 0 Å². The number of urea groups is 1. The minimum atomic E-state index is 0.0208. The third kappa shape index (κ3) is 1.85. The van der Waals surface area contributed by atoms with Crippen molar-refractivity contribution in [1.82, 2.24) is 10.6 Å². The van der Waals surface area contributed by atoms with E-state index in [1.54, 1.807) is 0 Å². The maximum Gasteiger partial charge on any atom is 0.315 e. The van der Waals surface area contributed by atoms with Gasteiger partial charge < -0.3 is 10.6 Å². The highest BCUT2D eigenvalue weighted by Crippen LogP contribution is 2.34. The molecule has 2 amide bonds. The summed E-state index contributed by atoms with van der Waals surface area (Å²) in [6, 6.07) is 0.491. The third-order valence-electron chi connectivity index (χ3n) is 2.33. The van der Waals surface area contributed by atoms with E-state index in [1.807, 2.05) is 0 Å². The quantitative estimate of drug-likeness (QED) is 0.612. The predicted octanol–water partition coefficient (Wildman–Crippen LogP) is 1.00. The SMILES string of the molecule is CC1(NC(=O)NC2CC2)CC1. The Labute approximate surface area is 66.5 Å². The van der Waals surface area contributed by atoms with Crippen molar-refractivity contribution in [1.29, 1.82) is 0 Å². The van der Waals surface area contributed by atoms with Gasteiger partial charge in [0.1, 0.15) is 0 Å². The third-order valence-corrected chi connectivity index (χ3v) is 2.33. The topological polar surface area (TPSA) is 41.1 Å². The normalized spacial score (nSPS) is 25.9. The van der Waals surface area contributed by atoms with Crippen LogP contribution in [0, 0.1) is 0 Å². The maximum absolute atomic E-state index is 11.1. The second-order valence-electron chi connectivity index (χ2n) is 3.93. The van der Waals surface area contributed by atoms with E-state index in [4.69, 9.17) is 0 Å². The van der Waals surface area contributed by atoms with Crippen LogP contribution in [0.5, 0.6) is 0 Å². The Morgan fingerprint density at radius 2 is 2.09 bits per heavy atom. The summed E-state index contributed by atoms with van der Waals surface area (Å²) in [5.74, 6) is 0. The lowest BCUT2D eigenvalue weighted by molar-refractivity contribution is 0.236. The van der Waals surface area contributed by atoms with Gasteiger partial charge in [0, 0.05) is 11.6 Å². The molecule has 0 unspecified atom stereocenters. The molecule has 3 nitrogen and oxygen atoms in total. The smallest absolute Gasteiger partial charge is 0.315 e. The van der Waals surface area contributed by atoms with E-state index in [2.05, 4.69) is 17.6 Å². The highest BCUT2D eigenvalue weighted by Gasteiger charge is 2.39. The summed E-state index contributed by atoms with van der Waals surface area (Å²) in [5, 5.41) is 5.85. The Morgan fingerprint density at radius 3 is 2.55 bits per heavy atom. The molecule has 0 aromatic heterocycles. The van der Waals surface area contributed by atoms with Crippen LogP contribution < -0.4 is 10.6 Å². The molecule has 2 N–H and O–H groups in total. The van der Waals surface area contributed by atoms with Gasteiger partial charge in [-0.3, -0.25) is 0 Å². The lowest BCUT2D eigenvalue weighted by Gasteiger charge is -2.11. The Morgan fingerprint density at radius 1 is 1.45 bits per heavy atom. The van der Waals surface area contributed by atoms with E-state index in [9.17, 15) is 4.79 Å². The van der Waals surface area contributed by atoms with Gasteiger partial charge in [-0.2, -0.15) is 0 Å². The van der Waals surface area contributed by atoms with Crippen LogP contribution in [-0.2, 0) is 0 Å². The highest BCUT2D eigenvalue weighted by molar-refractivity contribution is 5.75. The molecule has 2 saturated carbocycles. The minimum Gasteiger partial charge on any atom is -0.335 e. The monoisotopic (exact) mass is 154 g/mol. The molecule has 0 aromatic carbocycles. The summed E-state index contributed by atoms with van der Waals surface area (Å²) in [5.41, 5.74) is 0.124. The fourth-order valence-electron chi connectivity index (χ4n) is 1.04. The first-order chi connectivity index (χ1) is 5.18. The van der Waals surface area contributed by atoms with Crippen LogP contribution in [0.2, 0.25) is 0 Å². The van der Waals surface area contributed by atoms with E-state index >= 15 is 0 Å². The summed E-state index contributed by atoms with van der Waals surface area (Å²) in [4.78, 5) is 11.1. The van der Waals surface area contributed by atoms with E-state index in [0.29, 0.717) is 6.04 Å². The molecular weight excluding hydrogens is 140 g/mol. The second-order valence-corrected chi connectivity index (χ2v) is 3.93. The van der Waals surface area contributed by atoms with E-state index in [-0.39, 0.29) is 11.6 Å². The van der Waals surface area contributed by atoms with Crippen LogP contribution in [0.1, 0.15) is 32.6 Å². The molecule has 3 heteroatoms. The zero-order chi connectivity index (χ0) is 7.90. The van der Waals surface area contributed by atoms with Crippen LogP contribution in [-0.4, -0.2) is 17.6 Å². The Hall–Kier alpha value is -0.730. The fraction of sp³-hybridized carbons (Fsp3) is 0.875. The molecule has 0 bridgehead atoms. The van der Waals surface area contributed by atoms with Crippen molar-refractivity contribution in [3.05, 3.63) is 0 Å². The first kappa shape index (κ1) is 6.95. The fourth-order valence-corrected chi connectivity index (χ4v) is 1.04. The summed E-state index contributed by atoms with van der Waals surface area (Å²) in [7, 11) is 0. The number of nitrogens with one attached hydrogen (secondary N) is 2. The Balaban J connectivity index is 1.72. The standard InChI is InChI=1S/C8H14N2O/c1-8(4-5-8)10-7(11)9-6-2-3-6/h6H,2-5H2,1H3,(H2,9,10,11). The van der Waals surface area contributed by atoms with Gasteiger partial charge in [-0.15, -0.1) is 0 Å². The lowest BCUT2D eigenvalue weighted by Crippen LogP contribution is -2.42. The van der Waals surface area contributed by atoms with Gasteiger partial charge in [-0.25, -0.2) is 4.79 Å². The number of carbonyl (C=O) groups is 1. The average molecular weight is 154 g/mol. The first-order valence-electron chi connectivity index (χ1n) is 4.27. The number of hydrogen-bond donors (Lipinski definition) is 2. The van der Waals surface area contributed by atoms with Gasteiger partial charge in [-0.1, -0.05) is 0 Å². The van der Waals surface area contributed by atoms with Gasteiger partial charge in [0.25, 0.3) is 0 Å². The van der Waals surface area contributed by atoms with Crippen molar-refractivity contribution < 1.29 is 4.79 Å². The molecule has 0 aliphatic heterocycles. The number of hydrogen-bond acceptors (Lipinski definition) is 1. The minimum absolute atomic E-state index is 0.0208. The van der Waals surface area contributed by atoms with Gasteiger partial charge in [0.05, 0.1) is 0 Å². The zero-order valence-corrected chi connectivity index (χ0v) is 6.81. The van der Waals surface area contributed by atoms with Gasteiger partial charge in [0.15, 0.2) is 0 Å². The van der Waals surface area contributed by atoms with Crippen molar-refractivity contribution >= 4 is 6.03 Å². The maximum atomic E-state index is 11.1. The Bertz CT molecular complexity index is 183. The molecule has 11 heavy (non-hydrogen) atoms. The summed E-state index contributed by atoms with van der Waals surface area (Å²) < 4.78 is 0. The van der Waals surface area contributed by atoms with Crippen LogP contribution >= 0.6 is 0 Å². The molecule has 0 aromatic rings. The van der Waals surface area contributed by atoms with Gasteiger partial charge in [0.2, 0.25) is 0 Å². The molecule has 0 saturated heterocycles. The van der Waals surface area contributed by atoms with E-state index in [0.717, 1.165) is 25.7 Å². The van der Waals surface area contributed by atoms with Crippen molar-refractivity contribution in [2.24, 2.45) is 0 Å². The molecule has 0 heterocycles. The molecule has 0 atom stereocenters. The first-order valence-corrected chi connectivity index (χ1v) is 4.27. The molecule has 62 valence electrons. The number of carbonyl (C=O) groups excluding carboxylic acids is 1. The molecule has 2 rings (SSSR count). The molecule has 0 radical (unpaired) electrons. The largest absolute Gasteiger partial charge is 0.335 e. The van der Waals surface area contributed by atoms with Crippen LogP contribution in [0.4, 0.5) is 4.79 Å².